The van der Waals surface area contributed by atoms with E-state index >= 15 is 0 Å². The van der Waals surface area contributed by atoms with E-state index in [-0.39, 0.29) is 17.3 Å². The molecular weight excluding hydrogens is 297 g/mol. The van der Waals surface area contributed by atoms with Crippen LogP contribution in [0.15, 0.2) is 24.3 Å². The first-order valence-corrected chi connectivity index (χ1v) is 6.49. The molecule has 1 amide bonds. The molecule has 0 saturated heterocycles. The summed E-state index contributed by atoms with van der Waals surface area (Å²) < 4.78 is 13.2. The van der Waals surface area contributed by atoms with Crippen LogP contribution in [0.2, 0.25) is 5.15 Å². The van der Waals surface area contributed by atoms with Gasteiger partial charge in [0.2, 0.25) is 0 Å². The zero-order valence-electron chi connectivity index (χ0n) is 10.9. The minimum atomic E-state index is -0.733. The molecule has 7 heteroatoms. The summed E-state index contributed by atoms with van der Waals surface area (Å²) in [5.74, 6) is -1.70. The largest absolute Gasteiger partial charge is 0.299 e. The zero-order chi connectivity index (χ0) is 15.1. The van der Waals surface area contributed by atoms with Crippen LogP contribution in [-0.4, -0.2) is 21.7 Å². The molecule has 0 bridgehead atoms. The molecule has 1 aromatic carbocycles. The van der Waals surface area contributed by atoms with E-state index in [1.807, 2.05) is 0 Å². The van der Waals surface area contributed by atoms with Gasteiger partial charge < -0.3 is 0 Å². The topological polar surface area (TPSA) is 63.2 Å². The van der Waals surface area contributed by atoms with Gasteiger partial charge in [-0.25, -0.2) is 14.4 Å². The molecule has 5 nitrogen and oxygen atoms in total. The number of carbonyl (C=O) groups is 2. The number of hydrogen-bond donors (Lipinski definition) is 0. The van der Waals surface area contributed by atoms with E-state index in [2.05, 4.69) is 9.97 Å². The SMILES string of the molecule is Cc1cc(Cl)nc(CN2C(=O)C(=O)c3cc(F)ccc32)n1. The standard InChI is InChI=1S/C14H9ClFN3O2/c1-7-4-11(15)18-12(17-7)6-19-10-3-2-8(16)5-9(10)13(20)14(19)21/h2-5H,6H2,1H3. The highest BCUT2D eigenvalue weighted by Gasteiger charge is 2.36. The van der Waals surface area contributed by atoms with Crippen molar-refractivity contribution in [2.24, 2.45) is 0 Å². The van der Waals surface area contributed by atoms with Crippen LogP contribution in [0.3, 0.4) is 0 Å². The lowest BCUT2D eigenvalue weighted by Crippen LogP contribution is -2.30. The first-order chi connectivity index (χ1) is 9.95. The fourth-order valence-electron chi connectivity index (χ4n) is 2.23. The number of amides is 1. The fourth-order valence-corrected chi connectivity index (χ4v) is 2.49. The van der Waals surface area contributed by atoms with Gasteiger partial charge in [0.05, 0.1) is 17.8 Å². The Morgan fingerprint density at radius 3 is 2.71 bits per heavy atom. The van der Waals surface area contributed by atoms with Gasteiger partial charge >= 0.3 is 0 Å². The molecule has 0 N–H and O–H groups in total. The summed E-state index contributed by atoms with van der Waals surface area (Å²) >= 11 is 5.85. The van der Waals surface area contributed by atoms with Crippen molar-refractivity contribution in [3.8, 4) is 0 Å². The smallest absolute Gasteiger partial charge is 0.297 e. The summed E-state index contributed by atoms with van der Waals surface area (Å²) in [6.07, 6.45) is 0. The average molecular weight is 306 g/mol. The predicted molar refractivity (Wildman–Crippen MR) is 73.7 cm³/mol. The van der Waals surface area contributed by atoms with Gasteiger partial charge in [0.15, 0.2) is 0 Å². The number of aryl methyl sites for hydroxylation is 1. The molecule has 106 valence electrons. The molecule has 0 radical (unpaired) electrons. The molecule has 0 spiro atoms. The van der Waals surface area contributed by atoms with Crippen LogP contribution in [0.25, 0.3) is 0 Å². The van der Waals surface area contributed by atoms with E-state index in [0.717, 1.165) is 6.07 Å². The third-order valence-corrected chi connectivity index (χ3v) is 3.30. The van der Waals surface area contributed by atoms with Crippen LogP contribution in [-0.2, 0) is 11.3 Å². The van der Waals surface area contributed by atoms with E-state index in [0.29, 0.717) is 17.2 Å². The minimum Gasteiger partial charge on any atom is -0.297 e. The number of aromatic nitrogens is 2. The Morgan fingerprint density at radius 1 is 1.24 bits per heavy atom. The average Bonchev–Trinajstić information content (AvgIpc) is 2.63. The number of nitrogens with zero attached hydrogens (tertiary/aromatic N) is 3. The number of fused-ring (bicyclic) bond motifs is 1. The molecule has 0 saturated carbocycles. The Labute approximate surface area is 124 Å². The molecule has 0 unspecified atom stereocenters. The first-order valence-electron chi connectivity index (χ1n) is 6.11. The second kappa shape index (κ2) is 4.89. The summed E-state index contributed by atoms with van der Waals surface area (Å²) in [5.41, 5.74) is 1.06. The number of halogens is 2. The van der Waals surface area contributed by atoms with E-state index in [1.54, 1.807) is 13.0 Å². The van der Waals surface area contributed by atoms with E-state index in [4.69, 9.17) is 11.6 Å². The van der Waals surface area contributed by atoms with E-state index < -0.39 is 17.5 Å². The highest BCUT2D eigenvalue weighted by atomic mass is 35.5. The maximum Gasteiger partial charge on any atom is 0.299 e. The molecule has 1 aromatic heterocycles. The molecule has 0 atom stereocenters. The number of Topliss-reactive ketones (excluding diaryl/α,β-unsaturated/α-hetero) is 1. The van der Waals surface area contributed by atoms with Gasteiger partial charge in [0.25, 0.3) is 11.7 Å². The Morgan fingerprint density at radius 2 is 2.00 bits per heavy atom. The minimum absolute atomic E-state index is 0.00457. The van der Waals surface area contributed by atoms with Crippen molar-refractivity contribution in [2.45, 2.75) is 13.5 Å². The zero-order valence-corrected chi connectivity index (χ0v) is 11.7. The Balaban J connectivity index is 2.00. The number of carbonyl (C=O) groups excluding carboxylic acids is 2. The molecule has 1 aliphatic heterocycles. The van der Waals surface area contributed by atoms with Crippen molar-refractivity contribution in [2.75, 3.05) is 4.90 Å². The number of anilines is 1. The van der Waals surface area contributed by atoms with Gasteiger partial charge in [-0.3, -0.25) is 14.5 Å². The number of ketones is 1. The quantitative estimate of drug-likeness (QED) is 0.631. The maximum absolute atomic E-state index is 13.2. The van der Waals surface area contributed by atoms with Gasteiger partial charge in [-0.05, 0) is 31.2 Å². The van der Waals surface area contributed by atoms with Crippen molar-refractivity contribution in [1.82, 2.24) is 9.97 Å². The lowest BCUT2D eigenvalue weighted by atomic mass is 10.1. The monoisotopic (exact) mass is 305 g/mol. The van der Waals surface area contributed by atoms with Crippen molar-refractivity contribution in [3.05, 3.63) is 52.3 Å². The molecule has 1 aliphatic rings. The Bertz CT molecular complexity index is 759. The second-order valence-corrected chi connectivity index (χ2v) is 5.02. The summed E-state index contributed by atoms with van der Waals surface area (Å²) in [7, 11) is 0. The van der Waals surface area contributed by atoms with Crippen LogP contribution in [0.5, 0.6) is 0 Å². The highest BCUT2D eigenvalue weighted by Crippen LogP contribution is 2.30. The lowest BCUT2D eigenvalue weighted by molar-refractivity contribution is -0.114. The van der Waals surface area contributed by atoms with Crippen molar-refractivity contribution in [1.29, 1.82) is 0 Å². The summed E-state index contributed by atoms with van der Waals surface area (Å²) in [5, 5.41) is 0.259. The third-order valence-electron chi connectivity index (χ3n) is 3.10. The number of hydrogen-bond acceptors (Lipinski definition) is 4. The fraction of sp³-hybridized carbons (Fsp3) is 0.143. The van der Waals surface area contributed by atoms with Crippen molar-refractivity contribution < 1.29 is 14.0 Å². The van der Waals surface area contributed by atoms with Crippen molar-refractivity contribution in [3.63, 3.8) is 0 Å². The molecule has 0 aliphatic carbocycles. The Hall–Kier alpha value is -2.34. The lowest BCUT2D eigenvalue weighted by Gasteiger charge is -2.15. The van der Waals surface area contributed by atoms with Gasteiger partial charge in [0, 0.05) is 5.69 Å². The summed E-state index contributed by atoms with van der Waals surface area (Å²) in [6.45, 7) is 1.75. The maximum atomic E-state index is 13.2. The number of benzene rings is 1. The molecule has 0 fully saturated rings. The molecule has 21 heavy (non-hydrogen) atoms. The van der Waals surface area contributed by atoms with Crippen molar-refractivity contribution >= 4 is 29.0 Å². The summed E-state index contributed by atoms with van der Waals surface area (Å²) in [6, 6.07) is 5.23. The van der Waals surface area contributed by atoms with Gasteiger partial charge in [-0.1, -0.05) is 11.6 Å². The van der Waals surface area contributed by atoms with Crippen LogP contribution < -0.4 is 4.90 Å². The van der Waals surface area contributed by atoms with Gasteiger partial charge in [-0.2, -0.15) is 0 Å². The highest BCUT2D eigenvalue weighted by molar-refractivity contribution is 6.52. The van der Waals surface area contributed by atoms with E-state index in [9.17, 15) is 14.0 Å². The van der Waals surface area contributed by atoms with Crippen LogP contribution in [0.1, 0.15) is 21.9 Å². The number of rotatable bonds is 2. The van der Waals surface area contributed by atoms with Gasteiger partial charge in [-0.15, -0.1) is 0 Å². The third kappa shape index (κ3) is 2.38. The molecular formula is C14H9ClFN3O2. The van der Waals surface area contributed by atoms with Crippen LogP contribution >= 0.6 is 11.6 Å². The summed E-state index contributed by atoms with van der Waals surface area (Å²) in [4.78, 5) is 33.3. The first kappa shape index (κ1) is 13.6. The van der Waals surface area contributed by atoms with Gasteiger partial charge in [0.1, 0.15) is 16.8 Å². The molecule has 2 aromatic rings. The van der Waals surface area contributed by atoms with E-state index in [1.165, 1.54) is 17.0 Å². The molecule has 3 rings (SSSR count). The van der Waals surface area contributed by atoms with Crippen LogP contribution in [0, 0.1) is 12.7 Å². The Kier molecular flexibility index (Phi) is 3.17. The predicted octanol–water partition coefficient (Wildman–Crippen LogP) is 2.31. The second-order valence-electron chi connectivity index (χ2n) is 4.63. The van der Waals surface area contributed by atoms with Crippen LogP contribution in [0.4, 0.5) is 10.1 Å². The molecule has 2 heterocycles. The normalized spacial score (nSPS) is 13.8.